The molecule has 1 aromatic carbocycles. The number of hydrogen-bond acceptors (Lipinski definition) is 6. The minimum atomic E-state index is 0.0152. The van der Waals surface area contributed by atoms with E-state index in [0.29, 0.717) is 29.3 Å². The van der Waals surface area contributed by atoms with Gasteiger partial charge in [0, 0.05) is 43.4 Å². The lowest BCUT2D eigenvalue weighted by molar-refractivity contribution is -0.129. The summed E-state index contributed by atoms with van der Waals surface area (Å²) in [6, 6.07) is 10.5. The third-order valence-electron chi connectivity index (χ3n) is 6.93. The van der Waals surface area contributed by atoms with Gasteiger partial charge >= 0.3 is 0 Å². The van der Waals surface area contributed by atoms with Crippen molar-refractivity contribution >= 4 is 17.8 Å². The first kappa shape index (κ1) is 20.9. The van der Waals surface area contributed by atoms with E-state index in [1.807, 2.05) is 24.3 Å². The van der Waals surface area contributed by atoms with Crippen molar-refractivity contribution < 1.29 is 9.90 Å². The fourth-order valence-electron chi connectivity index (χ4n) is 5.05. The predicted octanol–water partition coefficient (Wildman–Crippen LogP) is 3.43. The highest BCUT2D eigenvalue weighted by Crippen LogP contribution is 2.31. The molecule has 2 unspecified atom stereocenters. The largest absolute Gasteiger partial charge is 0.507 e. The molecule has 3 aliphatic heterocycles. The number of anilines is 1. The summed E-state index contributed by atoms with van der Waals surface area (Å²) in [4.78, 5) is 13.8. The average Bonchev–Trinajstić information content (AvgIpc) is 2.75. The number of likely N-dealkylation sites (tertiary alicyclic amines) is 1. The van der Waals surface area contributed by atoms with Crippen molar-refractivity contribution in [3.05, 3.63) is 42.0 Å². The van der Waals surface area contributed by atoms with E-state index in [4.69, 9.17) is 0 Å². The number of benzene rings is 1. The molecule has 0 aliphatic carbocycles. The van der Waals surface area contributed by atoms with Crippen LogP contribution in [0.15, 0.2) is 36.4 Å². The maximum absolute atomic E-state index is 12.0. The molecular weight excluding hydrogens is 402 g/mol. The molecule has 32 heavy (non-hydrogen) atoms. The van der Waals surface area contributed by atoms with Crippen LogP contribution in [0.4, 0.5) is 5.82 Å². The van der Waals surface area contributed by atoms with Crippen LogP contribution in [0.1, 0.15) is 44.1 Å². The number of carbonyl (C=O) groups is 1. The van der Waals surface area contributed by atoms with Crippen molar-refractivity contribution in [1.82, 2.24) is 20.4 Å². The molecule has 0 spiro atoms. The van der Waals surface area contributed by atoms with Crippen LogP contribution in [0.25, 0.3) is 17.3 Å². The first-order valence-electron chi connectivity index (χ1n) is 11.8. The Morgan fingerprint density at radius 3 is 2.59 bits per heavy atom. The smallest absolute Gasteiger partial charge is 0.246 e. The van der Waals surface area contributed by atoms with Crippen LogP contribution < -0.4 is 10.6 Å². The summed E-state index contributed by atoms with van der Waals surface area (Å²) in [6.45, 7) is 2.58. The number of rotatable bonds is 6. The van der Waals surface area contributed by atoms with Gasteiger partial charge in [-0.05, 0) is 73.9 Å². The number of phenols is 1. The summed E-state index contributed by atoms with van der Waals surface area (Å²) in [5.74, 6) is 1.58. The van der Waals surface area contributed by atoms with Crippen LogP contribution in [-0.2, 0) is 4.79 Å². The van der Waals surface area contributed by atoms with E-state index in [1.165, 1.54) is 32.1 Å². The number of nitrogens with zero attached hydrogens (tertiary/aromatic N) is 3. The van der Waals surface area contributed by atoms with Gasteiger partial charge in [0.1, 0.15) is 11.6 Å². The second kappa shape index (κ2) is 9.28. The van der Waals surface area contributed by atoms with E-state index >= 15 is 0 Å². The van der Waals surface area contributed by atoms with E-state index in [-0.39, 0.29) is 11.7 Å². The van der Waals surface area contributed by atoms with Crippen LogP contribution in [0.5, 0.6) is 5.75 Å². The molecule has 0 saturated carbocycles. The molecule has 3 aliphatic rings. The molecule has 1 aromatic heterocycles. The van der Waals surface area contributed by atoms with Crippen LogP contribution in [-0.4, -0.2) is 57.8 Å². The third kappa shape index (κ3) is 4.78. The fraction of sp³-hybridized carbons (Fsp3) is 0.480. The molecule has 2 aromatic rings. The first-order chi connectivity index (χ1) is 15.6. The monoisotopic (exact) mass is 433 g/mol. The molecule has 3 saturated heterocycles. The molecule has 5 rings (SSSR count). The highest BCUT2D eigenvalue weighted by molar-refractivity contribution is 5.92. The first-order valence-corrected chi connectivity index (χ1v) is 11.8. The SMILES string of the molecule is O=C(/C=C/c1ccc(-c2ccc(NCC3CC4CCCC(C3)N4)nn2)c(O)c1)N1CCC1. The molecule has 7 nitrogen and oxygen atoms in total. The number of phenolic OH excluding ortho intramolecular Hbond substituents is 1. The Bertz CT molecular complexity index is 974. The lowest BCUT2D eigenvalue weighted by Gasteiger charge is -2.40. The Morgan fingerprint density at radius 2 is 1.94 bits per heavy atom. The van der Waals surface area contributed by atoms with Gasteiger partial charge in [-0.25, -0.2) is 0 Å². The van der Waals surface area contributed by atoms with Crippen molar-refractivity contribution in [3.8, 4) is 17.0 Å². The minimum absolute atomic E-state index is 0.0152. The summed E-state index contributed by atoms with van der Waals surface area (Å²) in [5.41, 5.74) is 2.02. The number of fused-ring (bicyclic) bond motifs is 2. The fourth-order valence-corrected chi connectivity index (χ4v) is 5.05. The van der Waals surface area contributed by atoms with E-state index in [9.17, 15) is 9.90 Å². The summed E-state index contributed by atoms with van der Waals surface area (Å²) in [5, 5.41) is 26.3. The predicted molar refractivity (Wildman–Crippen MR) is 125 cm³/mol. The number of piperidine rings is 2. The number of aromatic nitrogens is 2. The number of carbonyl (C=O) groups excluding carboxylic acids is 1. The Hall–Kier alpha value is -2.93. The molecule has 7 heteroatoms. The molecular formula is C25H31N5O2. The van der Waals surface area contributed by atoms with E-state index in [0.717, 1.165) is 37.4 Å². The maximum Gasteiger partial charge on any atom is 0.246 e. The Kier molecular flexibility index (Phi) is 6.08. The summed E-state index contributed by atoms with van der Waals surface area (Å²) in [6.07, 6.45) is 10.8. The second-order valence-electron chi connectivity index (χ2n) is 9.30. The highest BCUT2D eigenvalue weighted by atomic mass is 16.3. The zero-order valence-electron chi connectivity index (χ0n) is 18.3. The molecule has 2 bridgehead atoms. The minimum Gasteiger partial charge on any atom is -0.507 e. The Labute approximate surface area is 188 Å². The summed E-state index contributed by atoms with van der Waals surface area (Å²) in [7, 11) is 0. The van der Waals surface area contributed by atoms with Crippen molar-refractivity contribution in [3.63, 3.8) is 0 Å². The number of hydrogen-bond donors (Lipinski definition) is 3. The molecule has 3 N–H and O–H groups in total. The lowest BCUT2D eigenvalue weighted by atomic mass is 9.80. The van der Waals surface area contributed by atoms with Crippen LogP contribution >= 0.6 is 0 Å². The average molecular weight is 434 g/mol. The quantitative estimate of drug-likeness (QED) is 0.605. The normalized spacial score (nSPS) is 24.9. The van der Waals surface area contributed by atoms with E-state index < -0.39 is 0 Å². The standard InChI is InChI=1S/C25H31N5O2/c31-23-15-17(6-10-25(32)30-11-2-12-30)5-7-21(23)22-8-9-24(29-28-22)26-16-18-13-19-3-1-4-20(14-18)27-19/h5-10,15,18-20,27,31H,1-4,11-14,16H2,(H,26,29)/b10-6+. The van der Waals surface area contributed by atoms with Crippen LogP contribution in [0.3, 0.4) is 0 Å². The maximum atomic E-state index is 12.0. The summed E-state index contributed by atoms with van der Waals surface area (Å²) >= 11 is 0. The van der Waals surface area contributed by atoms with E-state index in [2.05, 4.69) is 20.8 Å². The molecule has 3 fully saturated rings. The van der Waals surface area contributed by atoms with Gasteiger partial charge in [0.2, 0.25) is 5.91 Å². The van der Waals surface area contributed by atoms with Gasteiger partial charge in [0.15, 0.2) is 0 Å². The molecule has 2 atom stereocenters. The van der Waals surface area contributed by atoms with Crippen LogP contribution in [0.2, 0.25) is 0 Å². The van der Waals surface area contributed by atoms with Gasteiger partial charge < -0.3 is 20.6 Å². The van der Waals surface area contributed by atoms with Crippen molar-refractivity contribution in [2.75, 3.05) is 25.0 Å². The van der Waals surface area contributed by atoms with Gasteiger partial charge in [0.25, 0.3) is 0 Å². The molecule has 1 amide bonds. The Morgan fingerprint density at radius 1 is 1.12 bits per heavy atom. The zero-order chi connectivity index (χ0) is 21.9. The molecule has 168 valence electrons. The van der Waals surface area contributed by atoms with Gasteiger partial charge in [-0.3, -0.25) is 4.79 Å². The Balaban J connectivity index is 1.18. The third-order valence-corrected chi connectivity index (χ3v) is 6.93. The number of nitrogens with one attached hydrogen (secondary N) is 2. The van der Waals surface area contributed by atoms with Gasteiger partial charge in [0.05, 0.1) is 5.69 Å². The second-order valence-corrected chi connectivity index (χ2v) is 9.30. The topological polar surface area (TPSA) is 90.4 Å². The molecule has 4 heterocycles. The zero-order valence-corrected chi connectivity index (χ0v) is 18.3. The number of aromatic hydroxyl groups is 1. The summed E-state index contributed by atoms with van der Waals surface area (Å²) < 4.78 is 0. The van der Waals surface area contributed by atoms with Crippen molar-refractivity contribution in [2.45, 2.75) is 50.6 Å². The molecule has 0 radical (unpaired) electrons. The van der Waals surface area contributed by atoms with E-state index in [1.54, 1.807) is 23.1 Å². The lowest BCUT2D eigenvalue weighted by Crippen LogP contribution is -2.49. The van der Waals surface area contributed by atoms with Gasteiger partial charge in [-0.15, -0.1) is 10.2 Å². The van der Waals surface area contributed by atoms with Crippen molar-refractivity contribution in [2.24, 2.45) is 5.92 Å². The van der Waals surface area contributed by atoms with Gasteiger partial charge in [-0.2, -0.15) is 0 Å². The van der Waals surface area contributed by atoms with Gasteiger partial charge in [-0.1, -0.05) is 12.5 Å². The number of amides is 1. The van der Waals surface area contributed by atoms with Crippen LogP contribution in [0, 0.1) is 5.92 Å². The highest BCUT2D eigenvalue weighted by Gasteiger charge is 2.30. The van der Waals surface area contributed by atoms with Crippen molar-refractivity contribution in [1.29, 1.82) is 0 Å².